The zero-order valence-electron chi connectivity index (χ0n) is 12.2. The molecular formula is C16H26O2. The first kappa shape index (κ1) is 15.0. The lowest BCUT2D eigenvalue weighted by Crippen LogP contribution is -2.31. The number of hydrogen-bond donors (Lipinski definition) is 0. The number of carbonyl (C=O) groups is 1. The van der Waals surface area contributed by atoms with Crippen LogP contribution in [0, 0.1) is 11.3 Å². The maximum Gasteiger partial charge on any atom is 0.144 e. The molecule has 2 heteroatoms. The van der Waals surface area contributed by atoms with Crippen LogP contribution in [0.25, 0.3) is 0 Å². The number of aldehydes is 1. The van der Waals surface area contributed by atoms with E-state index in [9.17, 15) is 4.79 Å². The van der Waals surface area contributed by atoms with E-state index in [1.54, 1.807) is 0 Å². The highest BCUT2D eigenvalue weighted by Crippen LogP contribution is 2.45. The number of ether oxygens (including phenoxy) is 1. The fraction of sp³-hybridized carbons (Fsp3) is 0.750. The van der Waals surface area contributed by atoms with E-state index < -0.39 is 0 Å². The van der Waals surface area contributed by atoms with Gasteiger partial charge >= 0.3 is 0 Å². The molecule has 0 aromatic heterocycles. The van der Waals surface area contributed by atoms with E-state index in [0.717, 1.165) is 37.7 Å². The first-order valence-corrected chi connectivity index (χ1v) is 6.84. The van der Waals surface area contributed by atoms with Crippen LogP contribution in [0.3, 0.4) is 0 Å². The molecule has 0 N–H and O–H groups in total. The number of rotatable bonds is 4. The molecule has 1 rings (SSSR count). The summed E-state index contributed by atoms with van der Waals surface area (Å²) < 4.78 is 6.00. The Kier molecular flexibility index (Phi) is 4.81. The van der Waals surface area contributed by atoms with Gasteiger partial charge in [-0.25, -0.2) is 0 Å². The van der Waals surface area contributed by atoms with Crippen LogP contribution in [0.5, 0.6) is 0 Å². The SMILES string of the molecule is C=C=C(OC(C)(C)C)C1(C)CCC(CC=O)CC1. The monoisotopic (exact) mass is 250 g/mol. The molecule has 0 amide bonds. The molecule has 1 aliphatic carbocycles. The summed E-state index contributed by atoms with van der Waals surface area (Å²) >= 11 is 0. The van der Waals surface area contributed by atoms with Gasteiger partial charge < -0.3 is 9.53 Å². The van der Waals surface area contributed by atoms with Crippen molar-refractivity contribution in [1.29, 1.82) is 0 Å². The number of carbonyl (C=O) groups excluding carboxylic acids is 1. The van der Waals surface area contributed by atoms with Crippen molar-refractivity contribution in [2.24, 2.45) is 11.3 Å². The molecule has 18 heavy (non-hydrogen) atoms. The van der Waals surface area contributed by atoms with E-state index >= 15 is 0 Å². The van der Waals surface area contributed by atoms with Crippen LogP contribution < -0.4 is 0 Å². The van der Waals surface area contributed by atoms with Crippen molar-refractivity contribution in [2.75, 3.05) is 0 Å². The van der Waals surface area contributed by atoms with E-state index in [-0.39, 0.29) is 11.0 Å². The molecular weight excluding hydrogens is 224 g/mol. The summed E-state index contributed by atoms with van der Waals surface area (Å²) in [7, 11) is 0. The van der Waals surface area contributed by atoms with Crippen molar-refractivity contribution in [3.63, 3.8) is 0 Å². The van der Waals surface area contributed by atoms with Crippen LogP contribution in [0.15, 0.2) is 18.1 Å². The topological polar surface area (TPSA) is 26.3 Å². The molecule has 1 fully saturated rings. The Bertz CT molecular complexity index is 335. The van der Waals surface area contributed by atoms with E-state index in [2.05, 4.69) is 19.2 Å². The molecule has 102 valence electrons. The first-order chi connectivity index (χ1) is 8.30. The summed E-state index contributed by atoms with van der Waals surface area (Å²) in [6.45, 7) is 12.1. The summed E-state index contributed by atoms with van der Waals surface area (Å²) in [5.41, 5.74) is 2.82. The standard InChI is InChI=1S/C16H26O2/c1-6-14(18-15(2,3)4)16(5)10-7-13(8-11-16)9-12-17/h12-13H,1,7-11H2,2-5H3. The molecule has 0 heterocycles. The second-order valence-electron chi connectivity index (χ2n) is 6.63. The predicted molar refractivity (Wildman–Crippen MR) is 74.2 cm³/mol. The Hall–Kier alpha value is -1.01. The van der Waals surface area contributed by atoms with Gasteiger partial charge in [-0.2, -0.15) is 0 Å². The Morgan fingerprint density at radius 3 is 2.39 bits per heavy atom. The molecule has 0 aromatic carbocycles. The average molecular weight is 250 g/mol. The molecule has 0 aromatic rings. The van der Waals surface area contributed by atoms with Gasteiger partial charge in [-0.05, 0) is 52.4 Å². The molecule has 1 saturated carbocycles. The third kappa shape index (κ3) is 4.03. The van der Waals surface area contributed by atoms with Gasteiger partial charge in [0.15, 0.2) is 0 Å². The van der Waals surface area contributed by atoms with Gasteiger partial charge in [0, 0.05) is 11.8 Å². The molecule has 0 saturated heterocycles. The van der Waals surface area contributed by atoms with Gasteiger partial charge in [0.25, 0.3) is 0 Å². The van der Waals surface area contributed by atoms with Crippen molar-refractivity contribution in [3.05, 3.63) is 18.1 Å². The van der Waals surface area contributed by atoms with Crippen LogP contribution >= 0.6 is 0 Å². The molecule has 2 nitrogen and oxygen atoms in total. The van der Waals surface area contributed by atoms with Crippen molar-refractivity contribution in [3.8, 4) is 0 Å². The highest BCUT2D eigenvalue weighted by Gasteiger charge is 2.37. The quantitative estimate of drug-likeness (QED) is 0.423. The van der Waals surface area contributed by atoms with Gasteiger partial charge in [-0.1, -0.05) is 19.2 Å². The average Bonchev–Trinajstić information content (AvgIpc) is 2.28. The van der Waals surface area contributed by atoms with Gasteiger partial charge in [-0.15, -0.1) is 0 Å². The summed E-state index contributed by atoms with van der Waals surface area (Å²) in [5.74, 6) is 1.44. The van der Waals surface area contributed by atoms with Gasteiger partial charge in [-0.3, -0.25) is 0 Å². The largest absolute Gasteiger partial charge is 0.484 e. The van der Waals surface area contributed by atoms with Crippen molar-refractivity contribution >= 4 is 6.29 Å². The summed E-state index contributed by atoms with van der Waals surface area (Å²) in [6, 6.07) is 0. The van der Waals surface area contributed by atoms with Crippen LogP contribution in [0.4, 0.5) is 0 Å². The van der Waals surface area contributed by atoms with Crippen LogP contribution in [0.2, 0.25) is 0 Å². The Morgan fingerprint density at radius 1 is 1.44 bits per heavy atom. The van der Waals surface area contributed by atoms with Crippen LogP contribution in [0.1, 0.15) is 59.8 Å². The maximum atomic E-state index is 10.6. The summed E-state index contributed by atoms with van der Waals surface area (Å²) in [6.07, 6.45) is 6.04. The smallest absolute Gasteiger partial charge is 0.144 e. The summed E-state index contributed by atoms with van der Waals surface area (Å²) in [5, 5.41) is 0. The van der Waals surface area contributed by atoms with E-state index in [1.807, 2.05) is 20.8 Å². The maximum absolute atomic E-state index is 10.6. The molecule has 0 unspecified atom stereocenters. The Labute approximate surface area is 111 Å². The van der Waals surface area contributed by atoms with Crippen molar-refractivity contribution in [2.45, 2.75) is 65.4 Å². The zero-order chi connectivity index (χ0) is 13.8. The molecule has 0 aliphatic heterocycles. The number of allylic oxidation sites excluding steroid dienone is 1. The van der Waals surface area contributed by atoms with Gasteiger partial charge in [0.05, 0.1) is 0 Å². The zero-order valence-corrected chi connectivity index (χ0v) is 12.2. The highest BCUT2D eigenvalue weighted by atomic mass is 16.5. The minimum Gasteiger partial charge on any atom is -0.484 e. The van der Waals surface area contributed by atoms with E-state index in [0.29, 0.717) is 12.3 Å². The molecule has 1 aliphatic rings. The van der Waals surface area contributed by atoms with Crippen molar-refractivity contribution in [1.82, 2.24) is 0 Å². The normalized spacial score (nSPS) is 28.3. The Morgan fingerprint density at radius 2 is 2.00 bits per heavy atom. The van der Waals surface area contributed by atoms with Gasteiger partial charge in [0.2, 0.25) is 0 Å². The highest BCUT2D eigenvalue weighted by molar-refractivity contribution is 5.49. The fourth-order valence-electron chi connectivity index (χ4n) is 2.59. The summed E-state index contributed by atoms with van der Waals surface area (Å²) in [4.78, 5) is 10.6. The third-order valence-corrected chi connectivity index (χ3v) is 3.76. The predicted octanol–water partition coefficient (Wildman–Crippen LogP) is 4.26. The second kappa shape index (κ2) is 5.75. The van der Waals surface area contributed by atoms with Gasteiger partial charge in [0.1, 0.15) is 17.6 Å². The third-order valence-electron chi connectivity index (χ3n) is 3.76. The minimum atomic E-state index is -0.206. The van der Waals surface area contributed by atoms with Crippen LogP contribution in [-0.4, -0.2) is 11.9 Å². The number of hydrogen-bond acceptors (Lipinski definition) is 2. The molecule has 0 bridgehead atoms. The lowest BCUT2D eigenvalue weighted by molar-refractivity contribution is -0.109. The lowest BCUT2D eigenvalue weighted by Gasteiger charge is -2.39. The van der Waals surface area contributed by atoms with Crippen LogP contribution in [-0.2, 0) is 9.53 Å². The second-order valence-corrected chi connectivity index (χ2v) is 6.63. The van der Waals surface area contributed by atoms with Crippen molar-refractivity contribution < 1.29 is 9.53 Å². The van der Waals surface area contributed by atoms with E-state index in [1.165, 1.54) is 0 Å². The van der Waals surface area contributed by atoms with E-state index in [4.69, 9.17) is 4.74 Å². The first-order valence-electron chi connectivity index (χ1n) is 6.84. The Balaban J connectivity index is 2.70. The molecule has 0 radical (unpaired) electrons. The fourth-order valence-corrected chi connectivity index (χ4v) is 2.59. The molecule has 0 atom stereocenters. The minimum absolute atomic E-state index is 0.0361. The molecule has 0 spiro atoms. The lowest BCUT2D eigenvalue weighted by atomic mass is 9.70.